The standard InChI is InChI=1S/C21H21FN2O6/c1-26-17-8-3-14(13-18(17)27-2)21-23-19(30-24-21)9-10-20(25)29-12-11-28-16-6-4-15(22)5-7-16/h3-8,13H,9-12H2,1-2H3. The number of esters is 1. The third-order valence-corrected chi connectivity index (χ3v) is 4.08. The van der Waals surface area contributed by atoms with E-state index in [9.17, 15) is 9.18 Å². The molecule has 0 aliphatic heterocycles. The van der Waals surface area contributed by atoms with E-state index in [0.29, 0.717) is 34.5 Å². The summed E-state index contributed by atoms with van der Waals surface area (Å²) in [6.07, 6.45) is 0.335. The van der Waals surface area contributed by atoms with Gasteiger partial charge >= 0.3 is 5.97 Å². The van der Waals surface area contributed by atoms with E-state index >= 15 is 0 Å². The van der Waals surface area contributed by atoms with Crippen LogP contribution in [0.15, 0.2) is 47.0 Å². The molecule has 8 nitrogen and oxygen atoms in total. The molecule has 3 rings (SSSR count). The highest BCUT2D eigenvalue weighted by atomic mass is 19.1. The van der Waals surface area contributed by atoms with E-state index in [1.165, 1.54) is 24.3 Å². The summed E-state index contributed by atoms with van der Waals surface area (Å²) in [7, 11) is 3.09. The molecule has 0 saturated carbocycles. The van der Waals surface area contributed by atoms with Crippen molar-refractivity contribution in [1.82, 2.24) is 10.1 Å². The highest BCUT2D eigenvalue weighted by Crippen LogP contribution is 2.31. The summed E-state index contributed by atoms with van der Waals surface area (Å²) in [5.41, 5.74) is 0.697. The number of benzene rings is 2. The maximum atomic E-state index is 12.8. The van der Waals surface area contributed by atoms with Gasteiger partial charge in [0.2, 0.25) is 11.7 Å². The lowest BCUT2D eigenvalue weighted by molar-refractivity contribution is -0.144. The van der Waals surface area contributed by atoms with E-state index in [1.54, 1.807) is 32.4 Å². The average molecular weight is 416 g/mol. The van der Waals surface area contributed by atoms with Crippen molar-refractivity contribution >= 4 is 5.97 Å². The van der Waals surface area contributed by atoms with Crippen molar-refractivity contribution in [3.05, 3.63) is 54.2 Å². The Hall–Kier alpha value is -3.62. The minimum absolute atomic E-state index is 0.0803. The van der Waals surface area contributed by atoms with Gasteiger partial charge in [0.15, 0.2) is 11.5 Å². The third kappa shape index (κ3) is 5.69. The van der Waals surface area contributed by atoms with Gasteiger partial charge < -0.3 is 23.5 Å². The Kier molecular flexibility index (Phi) is 7.20. The van der Waals surface area contributed by atoms with Crippen LogP contribution in [-0.2, 0) is 16.0 Å². The first-order chi connectivity index (χ1) is 14.6. The Bertz CT molecular complexity index is 974. The van der Waals surface area contributed by atoms with Gasteiger partial charge in [0.25, 0.3) is 0 Å². The predicted molar refractivity (Wildman–Crippen MR) is 104 cm³/mol. The molecule has 0 unspecified atom stereocenters. The van der Waals surface area contributed by atoms with Crippen molar-refractivity contribution in [2.75, 3.05) is 27.4 Å². The number of halogens is 1. The quantitative estimate of drug-likeness (QED) is 0.367. The number of hydrogen-bond donors (Lipinski definition) is 0. The van der Waals surface area contributed by atoms with Crippen molar-refractivity contribution in [2.24, 2.45) is 0 Å². The second-order valence-corrected chi connectivity index (χ2v) is 6.10. The summed E-state index contributed by atoms with van der Waals surface area (Å²) in [6.45, 7) is 0.248. The van der Waals surface area contributed by atoms with Gasteiger partial charge in [-0.15, -0.1) is 0 Å². The monoisotopic (exact) mass is 416 g/mol. The first-order valence-corrected chi connectivity index (χ1v) is 9.18. The number of carbonyl (C=O) groups excluding carboxylic acids is 1. The number of aromatic nitrogens is 2. The number of nitrogens with zero attached hydrogens (tertiary/aromatic N) is 2. The molecule has 9 heteroatoms. The summed E-state index contributed by atoms with van der Waals surface area (Å²) in [4.78, 5) is 16.1. The molecular formula is C21H21FN2O6. The van der Waals surface area contributed by atoms with Gasteiger partial charge in [0.1, 0.15) is 24.8 Å². The minimum atomic E-state index is -0.413. The molecule has 0 bridgehead atoms. The Morgan fingerprint density at radius 1 is 1.03 bits per heavy atom. The van der Waals surface area contributed by atoms with Crippen LogP contribution in [0.4, 0.5) is 4.39 Å². The summed E-state index contributed by atoms with van der Waals surface area (Å²) >= 11 is 0. The molecule has 0 spiro atoms. The lowest BCUT2D eigenvalue weighted by Crippen LogP contribution is -2.12. The zero-order chi connectivity index (χ0) is 21.3. The largest absolute Gasteiger partial charge is 0.493 e. The molecular weight excluding hydrogens is 395 g/mol. The molecule has 1 aromatic heterocycles. The second-order valence-electron chi connectivity index (χ2n) is 6.10. The first kappa shape index (κ1) is 21.1. The molecule has 1 heterocycles. The van der Waals surface area contributed by atoms with Crippen LogP contribution in [0.2, 0.25) is 0 Å². The molecule has 0 atom stereocenters. The van der Waals surface area contributed by atoms with E-state index in [0.717, 1.165) is 0 Å². The fourth-order valence-electron chi connectivity index (χ4n) is 2.58. The predicted octanol–water partition coefficient (Wildman–Crippen LogP) is 3.45. The Morgan fingerprint density at radius 3 is 2.53 bits per heavy atom. The Labute approximate surface area is 172 Å². The van der Waals surface area contributed by atoms with Gasteiger partial charge in [0, 0.05) is 12.0 Å². The molecule has 0 N–H and O–H groups in total. The van der Waals surface area contributed by atoms with Crippen LogP contribution in [0, 0.1) is 5.82 Å². The average Bonchev–Trinajstić information content (AvgIpc) is 3.25. The first-order valence-electron chi connectivity index (χ1n) is 9.18. The molecule has 0 saturated heterocycles. The van der Waals surface area contributed by atoms with Crippen molar-refractivity contribution in [2.45, 2.75) is 12.8 Å². The maximum Gasteiger partial charge on any atom is 0.306 e. The van der Waals surface area contributed by atoms with Crippen LogP contribution < -0.4 is 14.2 Å². The van der Waals surface area contributed by atoms with E-state index < -0.39 is 5.97 Å². The zero-order valence-electron chi connectivity index (χ0n) is 16.6. The van der Waals surface area contributed by atoms with Gasteiger partial charge in [-0.2, -0.15) is 4.98 Å². The minimum Gasteiger partial charge on any atom is -0.493 e. The van der Waals surface area contributed by atoms with E-state index in [4.69, 9.17) is 23.5 Å². The zero-order valence-corrected chi connectivity index (χ0v) is 16.6. The molecule has 30 heavy (non-hydrogen) atoms. The molecule has 3 aromatic rings. The van der Waals surface area contributed by atoms with Crippen LogP contribution in [0.3, 0.4) is 0 Å². The molecule has 158 valence electrons. The van der Waals surface area contributed by atoms with Crippen LogP contribution in [0.25, 0.3) is 11.4 Å². The Morgan fingerprint density at radius 2 is 1.80 bits per heavy atom. The summed E-state index contributed by atoms with van der Waals surface area (Å²) < 4.78 is 38.9. The van der Waals surface area contributed by atoms with Crippen LogP contribution in [0.5, 0.6) is 17.2 Å². The lowest BCUT2D eigenvalue weighted by Gasteiger charge is -2.07. The lowest BCUT2D eigenvalue weighted by atomic mass is 10.2. The SMILES string of the molecule is COc1ccc(-c2noc(CCC(=O)OCCOc3ccc(F)cc3)n2)cc1OC. The number of methoxy groups -OCH3 is 2. The fraction of sp³-hybridized carbons (Fsp3) is 0.286. The van der Waals surface area contributed by atoms with Crippen molar-refractivity contribution in [3.8, 4) is 28.6 Å². The van der Waals surface area contributed by atoms with Crippen LogP contribution >= 0.6 is 0 Å². The van der Waals surface area contributed by atoms with Crippen molar-refractivity contribution in [3.63, 3.8) is 0 Å². The van der Waals surface area contributed by atoms with Gasteiger partial charge in [-0.3, -0.25) is 4.79 Å². The van der Waals surface area contributed by atoms with Crippen LogP contribution in [-0.4, -0.2) is 43.5 Å². The fourth-order valence-corrected chi connectivity index (χ4v) is 2.58. The summed E-state index contributed by atoms with van der Waals surface area (Å²) in [5, 5.41) is 3.93. The maximum absolute atomic E-state index is 12.8. The molecule has 0 aliphatic rings. The molecule has 2 aromatic carbocycles. The van der Waals surface area contributed by atoms with Gasteiger partial charge in [-0.1, -0.05) is 5.16 Å². The normalized spacial score (nSPS) is 10.5. The number of rotatable bonds is 10. The second kappa shape index (κ2) is 10.2. The summed E-state index contributed by atoms with van der Waals surface area (Å²) in [5.74, 6) is 1.59. The van der Waals surface area contributed by atoms with Crippen molar-refractivity contribution < 1.29 is 32.7 Å². The number of ether oxygens (including phenoxy) is 4. The van der Waals surface area contributed by atoms with E-state index in [-0.39, 0.29) is 31.9 Å². The molecule has 0 radical (unpaired) electrons. The third-order valence-electron chi connectivity index (χ3n) is 4.08. The van der Waals surface area contributed by atoms with E-state index in [2.05, 4.69) is 10.1 Å². The molecule has 0 fully saturated rings. The van der Waals surface area contributed by atoms with Crippen LogP contribution in [0.1, 0.15) is 12.3 Å². The van der Waals surface area contributed by atoms with Gasteiger partial charge in [-0.25, -0.2) is 4.39 Å². The van der Waals surface area contributed by atoms with Gasteiger partial charge in [-0.05, 0) is 42.5 Å². The topological polar surface area (TPSA) is 92.9 Å². The van der Waals surface area contributed by atoms with Crippen molar-refractivity contribution in [1.29, 1.82) is 0 Å². The summed E-state index contributed by atoms with van der Waals surface area (Å²) in [6, 6.07) is 10.9. The number of carbonyl (C=O) groups is 1. The highest BCUT2D eigenvalue weighted by molar-refractivity contribution is 5.69. The smallest absolute Gasteiger partial charge is 0.306 e. The number of aryl methyl sites for hydroxylation is 1. The Balaban J connectivity index is 1.43. The number of hydrogen-bond acceptors (Lipinski definition) is 8. The van der Waals surface area contributed by atoms with Gasteiger partial charge in [0.05, 0.1) is 20.6 Å². The highest BCUT2D eigenvalue weighted by Gasteiger charge is 2.13. The molecule has 0 aliphatic carbocycles. The molecule has 0 amide bonds. The van der Waals surface area contributed by atoms with E-state index in [1.807, 2.05) is 0 Å².